The van der Waals surface area contributed by atoms with Gasteiger partial charge in [0.15, 0.2) is 0 Å². The Kier molecular flexibility index (Phi) is 4.13. The molecule has 20 heavy (non-hydrogen) atoms. The number of aryl methyl sites for hydroxylation is 1. The standard InChI is InChI=1S/C18H28N2/c1-15-6-8-17(9-7-15)13-20-12-16(2)19-14-18(20)10-4-3-5-11-18/h6-9,16,19H,3-5,10-14H2,1-2H3. The summed E-state index contributed by atoms with van der Waals surface area (Å²) in [5.41, 5.74) is 3.25. The van der Waals surface area contributed by atoms with Crippen molar-refractivity contribution in [2.45, 2.75) is 64.1 Å². The smallest absolute Gasteiger partial charge is 0.0338 e. The number of hydrogen-bond donors (Lipinski definition) is 1. The lowest BCUT2D eigenvalue weighted by atomic mass is 9.78. The highest BCUT2D eigenvalue weighted by molar-refractivity contribution is 5.21. The number of nitrogens with one attached hydrogen (secondary N) is 1. The Morgan fingerprint density at radius 2 is 1.85 bits per heavy atom. The largest absolute Gasteiger partial charge is 0.311 e. The molecule has 1 spiro atoms. The maximum atomic E-state index is 3.73. The molecule has 2 aliphatic rings. The zero-order chi connectivity index (χ0) is 14.0. The van der Waals surface area contributed by atoms with Crippen molar-refractivity contribution in [3.63, 3.8) is 0 Å². The van der Waals surface area contributed by atoms with Crippen LogP contribution in [0.3, 0.4) is 0 Å². The summed E-state index contributed by atoms with van der Waals surface area (Å²) < 4.78 is 0. The predicted octanol–water partition coefficient (Wildman–Crippen LogP) is 3.49. The van der Waals surface area contributed by atoms with Crippen LogP contribution in [0, 0.1) is 6.92 Å². The summed E-state index contributed by atoms with van der Waals surface area (Å²) in [5, 5.41) is 3.73. The van der Waals surface area contributed by atoms with Crippen LogP contribution in [0.15, 0.2) is 24.3 Å². The normalized spacial score (nSPS) is 26.8. The van der Waals surface area contributed by atoms with Crippen LogP contribution < -0.4 is 5.32 Å². The third-order valence-electron chi connectivity index (χ3n) is 5.22. The Labute approximate surface area is 123 Å². The summed E-state index contributed by atoms with van der Waals surface area (Å²) in [6.45, 7) is 7.97. The van der Waals surface area contributed by atoms with Gasteiger partial charge in [-0.15, -0.1) is 0 Å². The highest BCUT2D eigenvalue weighted by Crippen LogP contribution is 2.36. The molecule has 0 bridgehead atoms. The van der Waals surface area contributed by atoms with E-state index in [1.807, 2.05) is 0 Å². The van der Waals surface area contributed by atoms with Crippen LogP contribution >= 0.6 is 0 Å². The number of hydrogen-bond acceptors (Lipinski definition) is 2. The first-order valence-corrected chi connectivity index (χ1v) is 8.22. The SMILES string of the molecule is Cc1ccc(CN2CC(C)NCC23CCCCC3)cc1. The molecule has 1 aliphatic heterocycles. The number of rotatable bonds is 2. The minimum absolute atomic E-state index is 0.426. The van der Waals surface area contributed by atoms with Crippen molar-refractivity contribution in [2.24, 2.45) is 0 Å². The summed E-state index contributed by atoms with van der Waals surface area (Å²) >= 11 is 0. The third kappa shape index (κ3) is 2.91. The first-order valence-electron chi connectivity index (χ1n) is 8.22. The van der Waals surface area contributed by atoms with Crippen molar-refractivity contribution in [1.82, 2.24) is 10.2 Å². The molecule has 2 nitrogen and oxygen atoms in total. The fourth-order valence-electron chi connectivity index (χ4n) is 3.91. The summed E-state index contributed by atoms with van der Waals surface area (Å²) in [7, 11) is 0. The van der Waals surface area contributed by atoms with Crippen LogP contribution in [-0.4, -0.2) is 29.6 Å². The molecule has 1 saturated heterocycles. The van der Waals surface area contributed by atoms with E-state index in [0.29, 0.717) is 11.6 Å². The topological polar surface area (TPSA) is 15.3 Å². The van der Waals surface area contributed by atoms with E-state index >= 15 is 0 Å². The summed E-state index contributed by atoms with van der Waals surface area (Å²) in [4.78, 5) is 2.78. The molecule has 0 radical (unpaired) electrons. The van der Waals surface area contributed by atoms with Crippen molar-refractivity contribution in [1.29, 1.82) is 0 Å². The third-order valence-corrected chi connectivity index (χ3v) is 5.22. The van der Waals surface area contributed by atoms with Gasteiger partial charge in [0, 0.05) is 31.2 Å². The second-order valence-electron chi connectivity index (χ2n) is 6.93. The monoisotopic (exact) mass is 272 g/mol. The first-order chi connectivity index (χ1) is 9.68. The van der Waals surface area contributed by atoms with Gasteiger partial charge < -0.3 is 5.32 Å². The second-order valence-corrected chi connectivity index (χ2v) is 6.93. The molecule has 0 amide bonds. The molecule has 1 saturated carbocycles. The van der Waals surface area contributed by atoms with Gasteiger partial charge in [-0.3, -0.25) is 4.90 Å². The minimum atomic E-state index is 0.426. The van der Waals surface area contributed by atoms with Gasteiger partial charge in [0.05, 0.1) is 0 Å². The molecule has 1 N–H and O–H groups in total. The maximum absolute atomic E-state index is 3.73. The van der Waals surface area contributed by atoms with E-state index in [1.54, 1.807) is 0 Å². The first kappa shape index (κ1) is 14.1. The van der Waals surface area contributed by atoms with Crippen molar-refractivity contribution in [2.75, 3.05) is 13.1 Å². The highest BCUT2D eigenvalue weighted by atomic mass is 15.3. The van der Waals surface area contributed by atoms with E-state index in [4.69, 9.17) is 0 Å². The van der Waals surface area contributed by atoms with Crippen molar-refractivity contribution < 1.29 is 0 Å². The quantitative estimate of drug-likeness (QED) is 0.886. The summed E-state index contributed by atoms with van der Waals surface area (Å²) in [6, 6.07) is 9.72. The van der Waals surface area contributed by atoms with Crippen LogP contribution in [-0.2, 0) is 6.54 Å². The lowest BCUT2D eigenvalue weighted by Gasteiger charge is -2.51. The molecule has 3 rings (SSSR count). The van der Waals surface area contributed by atoms with E-state index < -0.39 is 0 Å². The van der Waals surface area contributed by atoms with E-state index in [9.17, 15) is 0 Å². The Morgan fingerprint density at radius 3 is 2.55 bits per heavy atom. The molecule has 1 aliphatic carbocycles. The predicted molar refractivity (Wildman–Crippen MR) is 84.9 cm³/mol. The lowest BCUT2D eigenvalue weighted by Crippen LogP contribution is -2.64. The fraction of sp³-hybridized carbons (Fsp3) is 0.667. The van der Waals surface area contributed by atoms with Gasteiger partial charge in [0.2, 0.25) is 0 Å². The zero-order valence-corrected chi connectivity index (χ0v) is 13.0. The number of nitrogens with zero attached hydrogens (tertiary/aromatic N) is 1. The van der Waals surface area contributed by atoms with E-state index in [0.717, 1.165) is 6.54 Å². The second kappa shape index (κ2) is 5.87. The van der Waals surface area contributed by atoms with Gasteiger partial charge in [-0.2, -0.15) is 0 Å². The van der Waals surface area contributed by atoms with Crippen LogP contribution in [0.25, 0.3) is 0 Å². The van der Waals surface area contributed by atoms with Crippen molar-refractivity contribution in [3.8, 4) is 0 Å². The molecule has 110 valence electrons. The molecule has 1 aromatic rings. The average molecular weight is 272 g/mol. The van der Waals surface area contributed by atoms with Crippen LogP contribution in [0.1, 0.15) is 50.2 Å². The Balaban J connectivity index is 1.77. The summed E-state index contributed by atoms with van der Waals surface area (Å²) in [6.07, 6.45) is 6.98. The van der Waals surface area contributed by atoms with Gasteiger partial charge in [-0.25, -0.2) is 0 Å². The molecule has 0 aromatic heterocycles. The highest BCUT2D eigenvalue weighted by Gasteiger charge is 2.41. The molecular formula is C18H28N2. The average Bonchev–Trinajstić information content (AvgIpc) is 2.47. The molecule has 1 unspecified atom stereocenters. The zero-order valence-electron chi connectivity index (χ0n) is 13.0. The Bertz CT molecular complexity index is 431. The van der Waals surface area contributed by atoms with Crippen molar-refractivity contribution >= 4 is 0 Å². The summed E-state index contributed by atoms with van der Waals surface area (Å²) in [5.74, 6) is 0. The van der Waals surface area contributed by atoms with Gasteiger partial charge in [0.25, 0.3) is 0 Å². The lowest BCUT2D eigenvalue weighted by molar-refractivity contribution is 0.00617. The van der Waals surface area contributed by atoms with Gasteiger partial charge in [-0.1, -0.05) is 49.1 Å². The maximum Gasteiger partial charge on any atom is 0.0338 e. The van der Waals surface area contributed by atoms with Crippen LogP contribution in [0.2, 0.25) is 0 Å². The molecule has 1 heterocycles. The van der Waals surface area contributed by atoms with Crippen molar-refractivity contribution in [3.05, 3.63) is 35.4 Å². The van der Waals surface area contributed by atoms with Gasteiger partial charge >= 0.3 is 0 Å². The number of benzene rings is 1. The minimum Gasteiger partial charge on any atom is -0.311 e. The Hall–Kier alpha value is -0.860. The van der Waals surface area contributed by atoms with Crippen LogP contribution in [0.4, 0.5) is 0 Å². The van der Waals surface area contributed by atoms with E-state index in [-0.39, 0.29) is 0 Å². The molecular weight excluding hydrogens is 244 g/mol. The Morgan fingerprint density at radius 1 is 1.15 bits per heavy atom. The molecule has 1 atom stereocenters. The molecule has 2 fully saturated rings. The fourth-order valence-corrected chi connectivity index (χ4v) is 3.91. The van der Waals surface area contributed by atoms with Crippen LogP contribution in [0.5, 0.6) is 0 Å². The molecule has 2 heteroatoms. The molecule has 1 aromatic carbocycles. The number of piperazine rings is 1. The van der Waals surface area contributed by atoms with E-state index in [2.05, 4.69) is 48.3 Å². The van der Waals surface area contributed by atoms with E-state index in [1.165, 1.54) is 56.3 Å². The van der Waals surface area contributed by atoms with Gasteiger partial charge in [0.1, 0.15) is 0 Å². The van der Waals surface area contributed by atoms with Gasteiger partial charge in [-0.05, 0) is 32.3 Å².